The van der Waals surface area contributed by atoms with Gasteiger partial charge in [0, 0.05) is 32.0 Å². The van der Waals surface area contributed by atoms with Gasteiger partial charge in [0.2, 0.25) is 0 Å². The molecule has 0 amide bonds. The summed E-state index contributed by atoms with van der Waals surface area (Å²) in [4.78, 5) is 32.9. The molecule has 0 saturated carbocycles. The minimum absolute atomic E-state index is 0.159. The Morgan fingerprint density at radius 2 is 1.40 bits per heavy atom. The molecule has 8 nitrogen and oxygen atoms in total. The van der Waals surface area contributed by atoms with E-state index in [9.17, 15) is 19.8 Å². The average Bonchev–Trinajstić information content (AvgIpc) is 2.74. The summed E-state index contributed by atoms with van der Waals surface area (Å²) in [6.07, 6.45) is 3.92. The van der Waals surface area contributed by atoms with E-state index in [1.54, 1.807) is 32.3 Å². The predicted molar refractivity (Wildman–Crippen MR) is 113 cm³/mol. The Kier molecular flexibility index (Phi) is 8.89. The summed E-state index contributed by atoms with van der Waals surface area (Å²) in [6, 6.07) is 11.0. The number of pyridine rings is 2. The minimum atomic E-state index is -1.21. The predicted octanol–water partition coefficient (Wildman–Crippen LogP) is 2.32. The highest BCUT2D eigenvalue weighted by atomic mass is 16.4. The number of carboxylic acid groups (broad SMARTS) is 2. The molecule has 162 valence electrons. The molecule has 0 bridgehead atoms. The number of carbonyl (C=O) groups is 2. The van der Waals surface area contributed by atoms with Gasteiger partial charge in [-0.1, -0.05) is 26.0 Å². The second-order valence-corrected chi connectivity index (χ2v) is 7.24. The van der Waals surface area contributed by atoms with Crippen LogP contribution >= 0.6 is 0 Å². The van der Waals surface area contributed by atoms with Gasteiger partial charge in [0.1, 0.15) is 0 Å². The molecule has 2 unspecified atom stereocenters. The number of aliphatic carboxylic acids is 2. The fourth-order valence-electron chi connectivity index (χ4n) is 3.97. The summed E-state index contributed by atoms with van der Waals surface area (Å²) in [6.45, 7) is 4.36. The van der Waals surface area contributed by atoms with E-state index >= 15 is 0 Å². The van der Waals surface area contributed by atoms with Crippen LogP contribution in [0.2, 0.25) is 0 Å². The summed E-state index contributed by atoms with van der Waals surface area (Å²) in [7, 11) is 0. The van der Waals surface area contributed by atoms with Gasteiger partial charge in [0.05, 0.1) is 28.8 Å². The lowest BCUT2D eigenvalue weighted by atomic mass is 9.70. The van der Waals surface area contributed by atoms with Gasteiger partial charge < -0.3 is 20.8 Å². The van der Waals surface area contributed by atoms with Crippen LogP contribution in [0.3, 0.4) is 0 Å². The summed E-state index contributed by atoms with van der Waals surface area (Å²) in [5.74, 6) is -3.85. The first kappa shape index (κ1) is 23.4. The number of nitrogens with one attached hydrogen (secondary N) is 2. The van der Waals surface area contributed by atoms with Crippen molar-refractivity contribution in [1.82, 2.24) is 20.6 Å². The first-order valence-corrected chi connectivity index (χ1v) is 10.2. The Labute approximate surface area is 176 Å². The SMILES string of the molecule is CCC(C(=O)O)C(CNCc1ccccn1)(NCc1ccccn1)C(CC)C(=O)O. The molecular weight excluding hydrogens is 384 g/mol. The molecule has 0 fully saturated rings. The van der Waals surface area contributed by atoms with Crippen LogP contribution in [-0.2, 0) is 22.7 Å². The zero-order valence-electron chi connectivity index (χ0n) is 17.4. The van der Waals surface area contributed by atoms with E-state index in [-0.39, 0.29) is 13.1 Å². The second-order valence-electron chi connectivity index (χ2n) is 7.24. The molecule has 0 aliphatic heterocycles. The zero-order valence-corrected chi connectivity index (χ0v) is 17.4. The Morgan fingerprint density at radius 1 is 0.900 bits per heavy atom. The van der Waals surface area contributed by atoms with Gasteiger partial charge in [-0.25, -0.2) is 0 Å². The highest BCUT2D eigenvalue weighted by molar-refractivity contribution is 5.77. The summed E-state index contributed by atoms with van der Waals surface area (Å²) in [5, 5.41) is 26.5. The van der Waals surface area contributed by atoms with Crippen LogP contribution in [0.25, 0.3) is 0 Å². The Morgan fingerprint density at radius 3 is 1.80 bits per heavy atom. The van der Waals surface area contributed by atoms with Crippen molar-refractivity contribution in [1.29, 1.82) is 0 Å². The molecule has 0 aliphatic rings. The van der Waals surface area contributed by atoms with Gasteiger partial charge in [-0.15, -0.1) is 0 Å². The van der Waals surface area contributed by atoms with Crippen LogP contribution in [0.15, 0.2) is 48.8 Å². The van der Waals surface area contributed by atoms with E-state index in [2.05, 4.69) is 20.6 Å². The van der Waals surface area contributed by atoms with Gasteiger partial charge in [-0.05, 0) is 37.1 Å². The maximum absolute atomic E-state index is 12.2. The molecule has 0 aromatic carbocycles. The lowest BCUT2D eigenvalue weighted by Crippen LogP contribution is -2.65. The third-order valence-corrected chi connectivity index (χ3v) is 5.43. The van der Waals surface area contributed by atoms with Crippen molar-refractivity contribution in [2.24, 2.45) is 11.8 Å². The summed E-state index contributed by atoms with van der Waals surface area (Å²) in [5.41, 5.74) is 0.294. The molecule has 2 aromatic heterocycles. The van der Waals surface area contributed by atoms with Gasteiger partial charge in [0.25, 0.3) is 0 Å². The number of rotatable bonds is 13. The minimum Gasteiger partial charge on any atom is -0.481 e. The van der Waals surface area contributed by atoms with Crippen LogP contribution in [0.4, 0.5) is 0 Å². The van der Waals surface area contributed by atoms with Crippen LogP contribution in [0, 0.1) is 11.8 Å². The van der Waals surface area contributed by atoms with Crippen molar-refractivity contribution < 1.29 is 19.8 Å². The molecule has 2 atom stereocenters. The molecule has 4 N–H and O–H groups in total. The molecule has 0 spiro atoms. The maximum atomic E-state index is 12.2. The zero-order chi connectivity index (χ0) is 22.0. The normalized spacial score (nSPS) is 15.1. The molecule has 0 aliphatic carbocycles. The van der Waals surface area contributed by atoms with E-state index in [1.807, 2.05) is 30.3 Å². The molecule has 2 aromatic rings. The Balaban J connectivity index is 2.37. The van der Waals surface area contributed by atoms with Crippen molar-refractivity contribution >= 4 is 11.9 Å². The topological polar surface area (TPSA) is 124 Å². The molecule has 2 rings (SSSR count). The molecule has 30 heavy (non-hydrogen) atoms. The molecule has 0 radical (unpaired) electrons. The quantitative estimate of drug-likeness (QED) is 0.394. The number of hydrogen-bond acceptors (Lipinski definition) is 6. The maximum Gasteiger partial charge on any atom is 0.308 e. The number of hydrogen-bond donors (Lipinski definition) is 4. The summed E-state index contributed by atoms with van der Waals surface area (Å²) < 4.78 is 0. The van der Waals surface area contributed by atoms with E-state index in [4.69, 9.17) is 0 Å². The fourth-order valence-corrected chi connectivity index (χ4v) is 3.97. The monoisotopic (exact) mass is 414 g/mol. The molecule has 8 heteroatoms. The Hall–Kier alpha value is -2.84. The van der Waals surface area contributed by atoms with Gasteiger partial charge in [-0.3, -0.25) is 19.6 Å². The van der Waals surface area contributed by atoms with Crippen LogP contribution in [0.1, 0.15) is 38.1 Å². The average molecular weight is 415 g/mol. The highest BCUT2D eigenvalue weighted by Gasteiger charge is 2.50. The Bertz CT molecular complexity index is 779. The third-order valence-electron chi connectivity index (χ3n) is 5.43. The van der Waals surface area contributed by atoms with Crippen molar-refractivity contribution in [2.75, 3.05) is 6.54 Å². The number of nitrogens with zero attached hydrogens (tertiary/aromatic N) is 2. The smallest absolute Gasteiger partial charge is 0.308 e. The lowest BCUT2D eigenvalue weighted by molar-refractivity contribution is -0.152. The second kappa shape index (κ2) is 11.4. The standard InChI is InChI=1S/C22H30N4O4/c1-3-18(20(27)28)22(19(4-2)21(29)30,26-14-17-10-6-8-12-25-17)15-23-13-16-9-5-7-11-24-16/h5-12,18-19,23,26H,3-4,13-15H2,1-2H3,(H,27,28)(H,29,30). The molecule has 0 saturated heterocycles. The molecular formula is C22H30N4O4. The van der Waals surface area contributed by atoms with Gasteiger partial charge in [-0.2, -0.15) is 0 Å². The number of aromatic nitrogens is 2. The van der Waals surface area contributed by atoms with Crippen molar-refractivity contribution in [3.05, 3.63) is 60.2 Å². The van der Waals surface area contributed by atoms with Crippen molar-refractivity contribution in [3.8, 4) is 0 Å². The lowest BCUT2D eigenvalue weighted by Gasteiger charge is -2.43. The first-order chi connectivity index (χ1) is 14.4. The van der Waals surface area contributed by atoms with Crippen molar-refractivity contribution in [2.45, 2.75) is 45.3 Å². The van der Waals surface area contributed by atoms with Crippen LogP contribution in [-0.4, -0.2) is 44.2 Å². The van der Waals surface area contributed by atoms with Crippen molar-refractivity contribution in [3.63, 3.8) is 0 Å². The van der Waals surface area contributed by atoms with E-state index in [1.165, 1.54) is 0 Å². The largest absolute Gasteiger partial charge is 0.481 e. The third kappa shape index (κ3) is 5.84. The first-order valence-electron chi connectivity index (χ1n) is 10.2. The van der Waals surface area contributed by atoms with E-state index in [0.717, 1.165) is 5.69 Å². The summed E-state index contributed by atoms with van der Waals surface area (Å²) >= 11 is 0. The van der Waals surface area contributed by atoms with Gasteiger partial charge in [0.15, 0.2) is 0 Å². The fraction of sp³-hybridized carbons (Fsp3) is 0.455. The van der Waals surface area contributed by atoms with Crippen LogP contribution < -0.4 is 10.6 Å². The van der Waals surface area contributed by atoms with Gasteiger partial charge >= 0.3 is 11.9 Å². The van der Waals surface area contributed by atoms with Crippen LogP contribution in [0.5, 0.6) is 0 Å². The highest BCUT2D eigenvalue weighted by Crippen LogP contribution is 2.32. The number of carboxylic acids is 2. The van der Waals surface area contributed by atoms with E-state index < -0.39 is 29.3 Å². The van der Waals surface area contributed by atoms with E-state index in [0.29, 0.717) is 25.1 Å². The molecule has 2 heterocycles.